The van der Waals surface area contributed by atoms with Gasteiger partial charge in [-0.1, -0.05) is 13.8 Å². The van der Waals surface area contributed by atoms with Crippen molar-refractivity contribution in [1.29, 1.82) is 0 Å². The number of esters is 1. The van der Waals surface area contributed by atoms with Crippen molar-refractivity contribution in [2.75, 3.05) is 19.8 Å². The number of ether oxygens (including phenoxy) is 1. The topological polar surface area (TPSA) is 66.8 Å². The second-order valence-corrected chi connectivity index (χ2v) is 5.26. The fraction of sp³-hybridized carbons (Fsp3) is 0.909. The van der Waals surface area contributed by atoms with Crippen LogP contribution in [0.25, 0.3) is 0 Å². The third kappa shape index (κ3) is 5.14. The van der Waals surface area contributed by atoms with Crippen LogP contribution in [0.15, 0.2) is 0 Å². The van der Waals surface area contributed by atoms with Crippen LogP contribution < -0.4 is 0 Å². The number of hydrogen-bond acceptors (Lipinski definition) is 4. The van der Waals surface area contributed by atoms with E-state index in [9.17, 15) is 4.79 Å². The van der Waals surface area contributed by atoms with Crippen LogP contribution in [-0.4, -0.2) is 36.0 Å². The molecule has 0 rings (SSSR count). The molecule has 0 heterocycles. The molecule has 0 fully saturated rings. The van der Waals surface area contributed by atoms with Gasteiger partial charge in [-0.3, -0.25) is 4.79 Å². The minimum atomic E-state index is -0.852. The maximum Gasteiger partial charge on any atom is 0.313 e. The van der Waals surface area contributed by atoms with Gasteiger partial charge in [-0.15, -0.1) is 0 Å². The van der Waals surface area contributed by atoms with Crippen LogP contribution in [0.4, 0.5) is 0 Å². The average Bonchev–Trinajstić information content (AvgIpc) is 2.14. The molecule has 0 spiro atoms. The summed E-state index contributed by atoms with van der Waals surface area (Å²) in [7, 11) is 0. The fourth-order valence-electron chi connectivity index (χ4n) is 0.896. The summed E-state index contributed by atoms with van der Waals surface area (Å²) >= 11 is 0. The van der Waals surface area contributed by atoms with Crippen molar-refractivity contribution >= 4 is 5.97 Å². The lowest BCUT2D eigenvalue weighted by Crippen LogP contribution is -2.33. The summed E-state index contributed by atoms with van der Waals surface area (Å²) in [6.07, 6.45) is 0.583. The second kappa shape index (κ2) is 5.47. The van der Waals surface area contributed by atoms with E-state index in [4.69, 9.17) is 14.9 Å². The van der Waals surface area contributed by atoms with E-state index in [1.54, 1.807) is 13.8 Å². The highest BCUT2D eigenvalue weighted by Gasteiger charge is 2.30. The lowest BCUT2D eigenvalue weighted by molar-refractivity contribution is -0.159. The molecule has 0 atom stereocenters. The maximum atomic E-state index is 11.5. The number of carbonyl (C=O) groups excluding carboxylic acids is 1. The van der Waals surface area contributed by atoms with Crippen LogP contribution in [0.3, 0.4) is 0 Å². The highest BCUT2D eigenvalue weighted by atomic mass is 16.5. The molecular weight excluding hydrogens is 196 g/mol. The number of carbonyl (C=O) groups is 1. The van der Waals surface area contributed by atoms with Crippen LogP contribution in [-0.2, 0) is 9.53 Å². The molecule has 15 heavy (non-hydrogen) atoms. The van der Waals surface area contributed by atoms with E-state index in [0.29, 0.717) is 6.42 Å². The molecule has 0 aromatic rings. The Labute approximate surface area is 91.3 Å². The molecule has 0 radical (unpaired) electrons. The molecule has 4 nitrogen and oxygen atoms in total. The summed E-state index contributed by atoms with van der Waals surface area (Å²) < 4.78 is 5.10. The first-order chi connectivity index (χ1) is 6.75. The Morgan fingerprint density at radius 2 is 1.73 bits per heavy atom. The van der Waals surface area contributed by atoms with Crippen LogP contribution >= 0.6 is 0 Å². The molecule has 0 aliphatic rings. The largest absolute Gasteiger partial charge is 0.465 e. The minimum Gasteiger partial charge on any atom is -0.465 e. The summed E-state index contributed by atoms with van der Waals surface area (Å²) in [6, 6.07) is 0. The predicted molar refractivity (Wildman–Crippen MR) is 57.3 cm³/mol. The normalized spacial score (nSPS) is 12.7. The van der Waals surface area contributed by atoms with E-state index in [1.807, 2.05) is 13.8 Å². The predicted octanol–water partition coefficient (Wildman–Crippen LogP) is 0.957. The summed E-state index contributed by atoms with van der Waals surface area (Å²) in [6.45, 7) is 7.21. The van der Waals surface area contributed by atoms with Crippen molar-refractivity contribution in [3.05, 3.63) is 0 Å². The van der Waals surface area contributed by atoms with Crippen molar-refractivity contribution in [3.63, 3.8) is 0 Å². The molecule has 0 bridgehead atoms. The van der Waals surface area contributed by atoms with Crippen molar-refractivity contribution in [1.82, 2.24) is 0 Å². The zero-order valence-electron chi connectivity index (χ0n) is 10.0. The number of hydrogen-bond donors (Lipinski definition) is 2. The van der Waals surface area contributed by atoms with Gasteiger partial charge in [0.2, 0.25) is 0 Å². The van der Waals surface area contributed by atoms with Gasteiger partial charge in [0, 0.05) is 12.0 Å². The molecule has 90 valence electrons. The number of aliphatic hydroxyl groups excluding tert-OH is 2. The maximum absolute atomic E-state index is 11.5. The standard InChI is InChI=1S/C11H22O4/c1-10(2,5-6-12)8-15-9(14)11(3,4)7-13/h12-13H,5-8H2,1-4H3. The molecule has 0 aromatic heterocycles. The van der Waals surface area contributed by atoms with Gasteiger partial charge in [-0.25, -0.2) is 0 Å². The smallest absolute Gasteiger partial charge is 0.313 e. The van der Waals surface area contributed by atoms with Gasteiger partial charge in [0.25, 0.3) is 0 Å². The van der Waals surface area contributed by atoms with Crippen molar-refractivity contribution in [3.8, 4) is 0 Å². The van der Waals surface area contributed by atoms with Gasteiger partial charge >= 0.3 is 5.97 Å². The van der Waals surface area contributed by atoms with Gasteiger partial charge in [0.05, 0.1) is 18.6 Å². The van der Waals surface area contributed by atoms with Crippen molar-refractivity contribution in [2.24, 2.45) is 10.8 Å². The molecule has 0 amide bonds. The Balaban J connectivity index is 4.11. The zero-order valence-corrected chi connectivity index (χ0v) is 10.0. The first-order valence-corrected chi connectivity index (χ1v) is 5.14. The summed E-state index contributed by atoms with van der Waals surface area (Å²) in [4.78, 5) is 11.5. The van der Waals surface area contributed by atoms with E-state index < -0.39 is 11.4 Å². The number of aliphatic hydroxyl groups is 2. The van der Waals surface area contributed by atoms with Gasteiger partial charge in [-0.05, 0) is 20.3 Å². The molecule has 0 aliphatic carbocycles. The van der Waals surface area contributed by atoms with Gasteiger partial charge in [0.1, 0.15) is 0 Å². The number of rotatable bonds is 6. The third-order valence-electron chi connectivity index (χ3n) is 2.33. The lowest BCUT2D eigenvalue weighted by atomic mass is 9.90. The van der Waals surface area contributed by atoms with E-state index in [0.717, 1.165) is 0 Å². The molecule has 0 aromatic carbocycles. The molecular formula is C11H22O4. The highest BCUT2D eigenvalue weighted by Crippen LogP contribution is 2.23. The quantitative estimate of drug-likeness (QED) is 0.652. The van der Waals surface area contributed by atoms with Crippen molar-refractivity contribution < 1.29 is 19.7 Å². The van der Waals surface area contributed by atoms with E-state index in [1.165, 1.54) is 0 Å². The van der Waals surface area contributed by atoms with Gasteiger partial charge < -0.3 is 14.9 Å². The van der Waals surface area contributed by atoms with Crippen LogP contribution in [0.1, 0.15) is 34.1 Å². The summed E-state index contributed by atoms with van der Waals surface area (Å²) in [5.41, 5.74) is -1.08. The molecule has 2 N–H and O–H groups in total. The first kappa shape index (κ1) is 14.4. The fourth-order valence-corrected chi connectivity index (χ4v) is 0.896. The van der Waals surface area contributed by atoms with Crippen LogP contribution in [0, 0.1) is 10.8 Å². The van der Waals surface area contributed by atoms with E-state index in [2.05, 4.69) is 0 Å². The highest BCUT2D eigenvalue weighted by molar-refractivity contribution is 5.76. The summed E-state index contributed by atoms with van der Waals surface area (Å²) in [5, 5.41) is 17.7. The Kier molecular flexibility index (Phi) is 5.24. The molecule has 4 heteroatoms. The van der Waals surface area contributed by atoms with E-state index in [-0.39, 0.29) is 25.2 Å². The summed E-state index contributed by atoms with van der Waals surface area (Å²) in [5.74, 6) is -0.406. The Bertz CT molecular complexity index is 209. The Morgan fingerprint density at radius 3 is 2.13 bits per heavy atom. The molecule has 0 saturated carbocycles. The lowest BCUT2D eigenvalue weighted by Gasteiger charge is -2.26. The van der Waals surface area contributed by atoms with Crippen LogP contribution in [0.5, 0.6) is 0 Å². The Morgan fingerprint density at radius 1 is 1.20 bits per heavy atom. The van der Waals surface area contributed by atoms with Crippen LogP contribution in [0.2, 0.25) is 0 Å². The molecule has 0 unspecified atom stereocenters. The van der Waals surface area contributed by atoms with Crippen molar-refractivity contribution in [2.45, 2.75) is 34.1 Å². The SMILES string of the molecule is CC(C)(CCO)COC(=O)C(C)(C)CO. The molecule has 0 saturated heterocycles. The molecule has 0 aliphatic heterocycles. The average molecular weight is 218 g/mol. The Hall–Kier alpha value is -0.610. The second-order valence-electron chi connectivity index (χ2n) is 5.26. The van der Waals surface area contributed by atoms with Gasteiger partial charge in [-0.2, -0.15) is 0 Å². The van der Waals surface area contributed by atoms with E-state index >= 15 is 0 Å². The monoisotopic (exact) mass is 218 g/mol. The minimum absolute atomic E-state index is 0.0773. The van der Waals surface area contributed by atoms with Gasteiger partial charge in [0.15, 0.2) is 0 Å². The zero-order chi connectivity index (χ0) is 12.1. The first-order valence-electron chi connectivity index (χ1n) is 5.14. The third-order valence-corrected chi connectivity index (χ3v) is 2.33.